The predicted octanol–water partition coefficient (Wildman–Crippen LogP) is 0.718. The number of hydrogen-bond donors (Lipinski definition) is 1. The third-order valence-electron chi connectivity index (χ3n) is 3.07. The average molecular weight is 243 g/mol. The topological polar surface area (TPSA) is 73.2 Å². The van der Waals surface area contributed by atoms with E-state index in [1.807, 2.05) is 13.0 Å². The molecule has 1 fully saturated rings. The number of aryl methyl sites for hydroxylation is 1. The second-order valence-electron chi connectivity index (χ2n) is 4.30. The van der Waals surface area contributed by atoms with Crippen LogP contribution in [0.5, 0.6) is 0 Å². The molecular formula is C13H13N3O2. The number of benzene rings is 1. The number of piperazine rings is 1. The van der Waals surface area contributed by atoms with Crippen molar-refractivity contribution in [2.75, 3.05) is 11.4 Å². The van der Waals surface area contributed by atoms with Crippen molar-refractivity contribution in [1.82, 2.24) is 5.32 Å². The Bertz CT molecular complexity index is 560. The van der Waals surface area contributed by atoms with Crippen molar-refractivity contribution in [2.45, 2.75) is 19.9 Å². The fraction of sp³-hybridized carbons (Fsp3) is 0.308. The van der Waals surface area contributed by atoms with Crippen molar-refractivity contribution in [2.24, 2.45) is 0 Å². The van der Waals surface area contributed by atoms with Crippen molar-refractivity contribution in [3.63, 3.8) is 0 Å². The van der Waals surface area contributed by atoms with Gasteiger partial charge < -0.3 is 4.90 Å². The summed E-state index contributed by atoms with van der Waals surface area (Å²) >= 11 is 0. The van der Waals surface area contributed by atoms with Crippen LogP contribution in [0, 0.1) is 18.3 Å². The molecule has 1 aliphatic heterocycles. The maximum atomic E-state index is 11.6. The highest BCUT2D eigenvalue weighted by atomic mass is 16.2. The van der Waals surface area contributed by atoms with E-state index in [4.69, 9.17) is 5.26 Å². The van der Waals surface area contributed by atoms with Crippen molar-refractivity contribution >= 4 is 17.5 Å². The number of nitrogens with one attached hydrogen (secondary N) is 1. The molecular weight excluding hydrogens is 230 g/mol. The largest absolute Gasteiger partial charge is 0.349 e. The van der Waals surface area contributed by atoms with Crippen LogP contribution in [-0.4, -0.2) is 24.4 Å². The monoisotopic (exact) mass is 243 g/mol. The predicted molar refractivity (Wildman–Crippen MR) is 65.9 cm³/mol. The Morgan fingerprint density at radius 1 is 1.44 bits per heavy atom. The van der Waals surface area contributed by atoms with Gasteiger partial charge in [-0.25, -0.2) is 0 Å². The van der Waals surface area contributed by atoms with Gasteiger partial charge in [0, 0.05) is 0 Å². The first-order valence-corrected chi connectivity index (χ1v) is 5.64. The second kappa shape index (κ2) is 4.49. The Kier molecular flexibility index (Phi) is 3.02. The highest BCUT2D eigenvalue weighted by molar-refractivity contribution is 6.04. The Hall–Kier alpha value is -2.35. The molecule has 0 bridgehead atoms. The van der Waals surface area contributed by atoms with Gasteiger partial charge in [0.1, 0.15) is 12.1 Å². The normalized spacial score (nSPS) is 19.4. The molecule has 5 heteroatoms. The number of amides is 2. The molecule has 2 amide bonds. The summed E-state index contributed by atoms with van der Waals surface area (Å²) in [4.78, 5) is 24.8. The lowest BCUT2D eigenvalue weighted by Crippen LogP contribution is -2.57. The van der Waals surface area contributed by atoms with Crippen LogP contribution in [0.3, 0.4) is 0 Å². The van der Waals surface area contributed by atoms with Gasteiger partial charge in [0.15, 0.2) is 0 Å². The van der Waals surface area contributed by atoms with Crippen molar-refractivity contribution in [1.29, 1.82) is 5.26 Å². The molecule has 5 nitrogen and oxygen atoms in total. The van der Waals surface area contributed by atoms with E-state index in [1.165, 1.54) is 0 Å². The standard InChI is InChI=1S/C13H13N3O2/c1-8-4-3-5-10(6-14)12(8)16-7-11(17)15-13(18)9(16)2/h3-5,9H,7H2,1-2H3,(H,15,17,18). The maximum absolute atomic E-state index is 11.6. The van der Waals surface area contributed by atoms with Crippen LogP contribution in [0.1, 0.15) is 18.1 Å². The molecule has 0 aliphatic carbocycles. The first-order chi connectivity index (χ1) is 8.54. The lowest BCUT2D eigenvalue weighted by Gasteiger charge is -2.35. The van der Waals surface area contributed by atoms with Gasteiger partial charge in [-0.05, 0) is 25.5 Å². The summed E-state index contributed by atoms with van der Waals surface area (Å²) in [6, 6.07) is 6.97. The van der Waals surface area contributed by atoms with E-state index in [0.29, 0.717) is 11.3 Å². The molecule has 0 saturated carbocycles. The highest BCUT2D eigenvalue weighted by Gasteiger charge is 2.32. The van der Waals surface area contributed by atoms with E-state index in [2.05, 4.69) is 11.4 Å². The summed E-state index contributed by atoms with van der Waals surface area (Å²) in [5.74, 6) is -0.677. The Balaban J connectivity index is 2.51. The summed E-state index contributed by atoms with van der Waals surface area (Å²) in [5, 5.41) is 11.4. The number of imide groups is 1. The van der Waals surface area contributed by atoms with Gasteiger partial charge in [-0.1, -0.05) is 12.1 Å². The summed E-state index contributed by atoms with van der Waals surface area (Å²) in [6.07, 6.45) is 0. The van der Waals surface area contributed by atoms with Gasteiger partial charge in [-0.3, -0.25) is 14.9 Å². The molecule has 18 heavy (non-hydrogen) atoms. The number of nitriles is 1. The molecule has 1 aromatic carbocycles. The van der Waals surface area contributed by atoms with E-state index in [0.717, 1.165) is 5.56 Å². The van der Waals surface area contributed by atoms with Crippen LogP contribution >= 0.6 is 0 Å². The van der Waals surface area contributed by atoms with Crippen LogP contribution in [0.15, 0.2) is 18.2 Å². The van der Waals surface area contributed by atoms with Gasteiger partial charge >= 0.3 is 0 Å². The summed E-state index contributed by atoms with van der Waals surface area (Å²) in [5.41, 5.74) is 2.02. The smallest absolute Gasteiger partial charge is 0.249 e. The minimum absolute atomic E-state index is 0.0897. The van der Waals surface area contributed by atoms with Gasteiger partial charge in [-0.15, -0.1) is 0 Å². The van der Waals surface area contributed by atoms with E-state index in [-0.39, 0.29) is 18.4 Å². The quantitative estimate of drug-likeness (QED) is 0.737. The van der Waals surface area contributed by atoms with Gasteiger partial charge in [-0.2, -0.15) is 5.26 Å². The van der Waals surface area contributed by atoms with E-state index in [1.54, 1.807) is 24.0 Å². The van der Waals surface area contributed by atoms with Gasteiger partial charge in [0.2, 0.25) is 11.8 Å². The third kappa shape index (κ3) is 1.93. The number of carbonyl (C=O) groups is 2. The number of rotatable bonds is 1. The molecule has 0 spiro atoms. The third-order valence-corrected chi connectivity index (χ3v) is 3.07. The fourth-order valence-electron chi connectivity index (χ4n) is 2.12. The lowest BCUT2D eigenvalue weighted by atomic mass is 10.0. The second-order valence-corrected chi connectivity index (χ2v) is 4.30. The fourth-order valence-corrected chi connectivity index (χ4v) is 2.12. The molecule has 0 aromatic heterocycles. The minimum Gasteiger partial charge on any atom is -0.349 e. The van der Waals surface area contributed by atoms with Crippen molar-refractivity contribution in [3.8, 4) is 6.07 Å². The zero-order valence-electron chi connectivity index (χ0n) is 10.2. The zero-order valence-corrected chi connectivity index (χ0v) is 10.2. The zero-order chi connectivity index (χ0) is 13.3. The molecule has 2 rings (SSSR count). The van der Waals surface area contributed by atoms with E-state index in [9.17, 15) is 9.59 Å². The molecule has 1 saturated heterocycles. The molecule has 0 radical (unpaired) electrons. The number of hydrogen-bond acceptors (Lipinski definition) is 4. The van der Waals surface area contributed by atoms with E-state index >= 15 is 0 Å². The summed E-state index contributed by atoms with van der Waals surface area (Å²) < 4.78 is 0. The minimum atomic E-state index is -0.462. The highest BCUT2D eigenvalue weighted by Crippen LogP contribution is 2.27. The number of carbonyl (C=O) groups excluding carboxylic acids is 2. The van der Waals surface area contributed by atoms with Crippen LogP contribution in [-0.2, 0) is 9.59 Å². The maximum Gasteiger partial charge on any atom is 0.249 e. The Morgan fingerprint density at radius 3 is 2.83 bits per heavy atom. The van der Waals surface area contributed by atoms with Crippen LogP contribution in [0.25, 0.3) is 0 Å². The Morgan fingerprint density at radius 2 is 2.17 bits per heavy atom. The molecule has 1 heterocycles. The van der Waals surface area contributed by atoms with Crippen LogP contribution < -0.4 is 10.2 Å². The van der Waals surface area contributed by atoms with Gasteiger partial charge in [0.05, 0.1) is 17.8 Å². The average Bonchev–Trinajstić information content (AvgIpc) is 2.33. The lowest BCUT2D eigenvalue weighted by molar-refractivity contribution is -0.132. The van der Waals surface area contributed by atoms with Gasteiger partial charge in [0.25, 0.3) is 0 Å². The first-order valence-electron chi connectivity index (χ1n) is 5.64. The SMILES string of the molecule is Cc1cccc(C#N)c1N1CC(=O)NC(=O)C1C. The molecule has 1 aromatic rings. The van der Waals surface area contributed by atoms with Crippen molar-refractivity contribution in [3.05, 3.63) is 29.3 Å². The molecule has 92 valence electrons. The number of para-hydroxylation sites is 1. The summed E-state index contributed by atoms with van der Waals surface area (Å²) in [6.45, 7) is 3.67. The first kappa shape index (κ1) is 12.1. The summed E-state index contributed by atoms with van der Waals surface area (Å²) in [7, 11) is 0. The van der Waals surface area contributed by atoms with Crippen LogP contribution in [0.2, 0.25) is 0 Å². The molecule has 1 atom stereocenters. The van der Waals surface area contributed by atoms with Crippen molar-refractivity contribution < 1.29 is 9.59 Å². The number of nitrogens with zero attached hydrogens (tertiary/aromatic N) is 2. The molecule has 1 aliphatic rings. The van der Waals surface area contributed by atoms with E-state index < -0.39 is 6.04 Å². The number of anilines is 1. The molecule has 1 N–H and O–H groups in total. The molecule has 1 unspecified atom stereocenters. The Labute approximate surface area is 105 Å². The van der Waals surface area contributed by atoms with Crippen LogP contribution in [0.4, 0.5) is 5.69 Å².